The molecule has 0 bridgehead atoms. The number of benzene rings is 6. The van der Waals surface area contributed by atoms with Crippen LogP contribution in [-0.2, 0) is 75.8 Å². The van der Waals surface area contributed by atoms with Gasteiger partial charge in [0.15, 0.2) is 10.7 Å². The molecule has 420 valence electrons. The van der Waals surface area contributed by atoms with Gasteiger partial charge >= 0.3 is 35.1 Å². The van der Waals surface area contributed by atoms with E-state index >= 15 is 19.2 Å². The van der Waals surface area contributed by atoms with E-state index in [-0.39, 0.29) is 120 Å². The molecular weight excluding hydrogens is 1170 g/mol. The van der Waals surface area contributed by atoms with Crippen LogP contribution in [0, 0.1) is 0 Å². The maximum absolute atomic E-state index is 15.7. The summed E-state index contributed by atoms with van der Waals surface area (Å²) in [6.07, 6.45) is 0. The van der Waals surface area contributed by atoms with E-state index in [1.54, 1.807) is 146 Å². The summed E-state index contributed by atoms with van der Waals surface area (Å²) in [5, 5.41) is 0.143. The van der Waals surface area contributed by atoms with Crippen LogP contribution in [0.25, 0.3) is 50.5 Å². The predicted molar refractivity (Wildman–Crippen MR) is 324 cm³/mol. The van der Waals surface area contributed by atoms with E-state index in [4.69, 9.17) is 28.4 Å². The van der Waals surface area contributed by atoms with E-state index in [1.807, 2.05) is 0 Å². The third kappa shape index (κ3) is 8.91. The number of hydrogen-bond donors (Lipinski definition) is 0. The largest absolute Gasteiger partial charge is 0.458 e. The number of hydrogen-bond acceptors (Lipinski definition) is 20. The summed E-state index contributed by atoms with van der Waals surface area (Å²) >= 11 is 3.93. The highest BCUT2D eigenvalue weighted by Gasteiger charge is 2.64. The first kappa shape index (κ1) is 53.9. The minimum Gasteiger partial charge on any atom is -0.458 e. The van der Waals surface area contributed by atoms with Gasteiger partial charge in [0.1, 0.15) is 47.9 Å². The average Bonchev–Trinajstić information content (AvgIpc) is 1.50. The van der Waals surface area contributed by atoms with Gasteiger partial charge < -0.3 is 28.4 Å². The molecule has 4 aromatic heterocycles. The quantitative estimate of drug-likeness (QED) is 0.0562. The van der Waals surface area contributed by atoms with Gasteiger partial charge in [-0.25, -0.2) is 29.2 Å². The van der Waals surface area contributed by atoms with Gasteiger partial charge in [-0.2, -0.15) is 0 Å². The fraction of sp³-hybridized carbons (Fsp3) is 0.0909. The molecule has 8 aromatic carbocycles. The lowest BCUT2D eigenvalue weighted by atomic mass is 9.88. The molecule has 20 heteroatoms. The number of nitrogens with zero attached hydrogens (tertiary/aromatic N) is 2. The molecule has 6 heterocycles. The van der Waals surface area contributed by atoms with E-state index in [2.05, 4.69) is 9.98 Å². The molecule has 86 heavy (non-hydrogen) atoms. The van der Waals surface area contributed by atoms with Crippen LogP contribution in [0.15, 0.2) is 211 Å². The smallest absolute Gasteiger partial charge is 0.367 e. The summed E-state index contributed by atoms with van der Waals surface area (Å²) in [7, 11) is 0. The van der Waals surface area contributed by atoms with Crippen LogP contribution in [0.4, 0.5) is 10.0 Å². The van der Waals surface area contributed by atoms with Crippen molar-refractivity contribution in [3.63, 3.8) is 0 Å². The minimum atomic E-state index is -2.84. The van der Waals surface area contributed by atoms with Gasteiger partial charge in [-0.15, -0.1) is 45.3 Å². The van der Waals surface area contributed by atoms with Crippen LogP contribution in [-0.4, -0.2) is 23.9 Å². The summed E-state index contributed by atoms with van der Waals surface area (Å²) in [5.74, 6) is -4.99. The van der Waals surface area contributed by atoms with Crippen molar-refractivity contribution in [1.82, 2.24) is 0 Å². The van der Waals surface area contributed by atoms with Crippen molar-refractivity contribution in [3.05, 3.63) is 267 Å². The minimum absolute atomic E-state index is 0.0807. The fourth-order valence-electron chi connectivity index (χ4n) is 10.6. The number of carbonyl (C=O) groups excluding carboxylic acids is 4. The molecule has 0 radical (unpaired) electrons. The summed E-state index contributed by atoms with van der Waals surface area (Å²) in [4.78, 5) is 128. The first-order valence-electron chi connectivity index (χ1n) is 26.6. The third-order valence-corrected chi connectivity index (χ3v) is 19.6. The van der Waals surface area contributed by atoms with Crippen molar-refractivity contribution >= 4 is 110 Å². The zero-order chi connectivity index (χ0) is 58.8. The van der Waals surface area contributed by atoms with E-state index in [1.165, 1.54) is 36.4 Å². The van der Waals surface area contributed by atoms with Crippen molar-refractivity contribution in [1.29, 1.82) is 0 Å². The summed E-state index contributed by atoms with van der Waals surface area (Å²) in [6.45, 7) is -1.34. The molecule has 14 rings (SSSR count). The van der Waals surface area contributed by atoms with Crippen LogP contribution in [0.3, 0.4) is 0 Å². The van der Waals surface area contributed by atoms with Gasteiger partial charge in [0.05, 0.1) is 40.0 Å². The van der Waals surface area contributed by atoms with E-state index in [0.717, 1.165) is 45.3 Å². The standard InChI is InChI=1S/C66H38N2O14S4/c69-51-39-25-13-14-26-40(39)52(70)49(51)67-45-29-43-55(83-45)57-47(65(81-43,61(73)77-31-35-17-5-1-6-18-35)62(74)78-32-36-19-7-2-8-20-36)59-60(85-57)48-58(86-59)56-44(30-46(84-56)68-50-53(71)41-27-15-16-28-42(41)54(50)72)82-66(48,63(75)79-33-37-21-9-3-10-22-37)64(76)80-34-38-23-11-4-12-24-38/h1-30H,31-34H2. The summed E-state index contributed by atoms with van der Waals surface area (Å²) in [6, 6.07) is 50.5. The van der Waals surface area contributed by atoms with Crippen LogP contribution < -0.4 is 41.9 Å². The Kier molecular flexibility index (Phi) is 13.5. The zero-order valence-corrected chi connectivity index (χ0v) is 47.7. The SMILES string of the molecule is O=C(OCc1ccccc1)C1(C(=O)OCc2ccccc2)Oc2cc(N=c3c(=O)c4ccccc4c3=O)sc2-c2sc3c4c(sc3c21)-c1sc(N=c2c(=O)c3ccccc3c2=O)cc1OC4(C(=O)OCc1ccccc1)C(=O)OCc1ccccc1. The van der Waals surface area contributed by atoms with Crippen molar-refractivity contribution in [3.8, 4) is 31.0 Å². The number of ether oxygens (including phenoxy) is 6. The highest BCUT2D eigenvalue weighted by atomic mass is 32.1. The van der Waals surface area contributed by atoms with Crippen molar-refractivity contribution in [2.45, 2.75) is 37.6 Å². The molecule has 0 saturated heterocycles. The van der Waals surface area contributed by atoms with Crippen molar-refractivity contribution < 1.29 is 47.6 Å². The van der Waals surface area contributed by atoms with Gasteiger partial charge in [-0.3, -0.25) is 19.2 Å². The van der Waals surface area contributed by atoms with Crippen LogP contribution >= 0.6 is 45.3 Å². The molecule has 2 aliphatic rings. The second-order valence-electron chi connectivity index (χ2n) is 20.0. The van der Waals surface area contributed by atoms with Gasteiger partial charge in [-0.1, -0.05) is 170 Å². The molecule has 16 nitrogen and oxygen atoms in total. The topological polar surface area (TPSA) is 217 Å². The molecule has 0 N–H and O–H groups in total. The number of fused-ring (bicyclic) bond motifs is 11. The third-order valence-electron chi connectivity index (χ3n) is 14.7. The monoisotopic (exact) mass is 1210 g/mol. The Morgan fingerprint density at radius 1 is 0.360 bits per heavy atom. The maximum Gasteiger partial charge on any atom is 0.367 e. The Morgan fingerprint density at radius 2 is 0.628 bits per heavy atom. The van der Waals surface area contributed by atoms with Gasteiger partial charge in [0, 0.05) is 33.7 Å². The molecular formula is C66H38N2O14S4. The number of thiophene rings is 4. The maximum atomic E-state index is 15.7. The number of carbonyl (C=O) groups is 4. The molecule has 0 unspecified atom stereocenters. The normalized spacial score (nSPS) is 13.3. The highest BCUT2D eigenvalue weighted by molar-refractivity contribution is 7.35. The lowest BCUT2D eigenvalue weighted by Crippen LogP contribution is -2.52. The number of esters is 4. The van der Waals surface area contributed by atoms with Crippen LogP contribution in [0.5, 0.6) is 11.5 Å². The van der Waals surface area contributed by atoms with Crippen molar-refractivity contribution in [2.24, 2.45) is 9.98 Å². The molecule has 12 aromatic rings. The van der Waals surface area contributed by atoms with E-state index in [0.29, 0.717) is 22.3 Å². The van der Waals surface area contributed by atoms with Gasteiger partial charge in [0.25, 0.3) is 0 Å². The van der Waals surface area contributed by atoms with Crippen molar-refractivity contribution in [2.75, 3.05) is 0 Å². The second kappa shape index (κ2) is 21.5. The Labute approximate surface area is 500 Å². The predicted octanol–water partition coefficient (Wildman–Crippen LogP) is 10.5. The second-order valence-corrected chi connectivity index (χ2v) is 24.1. The van der Waals surface area contributed by atoms with Crippen LogP contribution in [0.1, 0.15) is 33.4 Å². The molecule has 2 aliphatic heterocycles. The first-order chi connectivity index (χ1) is 41.9. The Balaban J connectivity index is 1.04. The Bertz CT molecular complexity index is 4560. The fourth-order valence-corrected chi connectivity index (χ4v) is 15.8. The van der Waals surface area contributed by atoms with Gasteiger partial charge in [-0.05, 0) is 22.3 Å². The van der Waals surface area contributed by atoms with E-state index in [9.17, 15) is 19.2 Å². The lowest BCUT2D eigenvalue weighted by molar-refractivity contribution is -0.184. The molecule has 0 atom stereocenters. The van der Waals surface area contributed by atoms with Gasteiger partial charge in [0.2, 0.25) is 21.7 Å². The molecule has 0 aliphatic carbocycles. The Morgan fingerprint density at radius 3 is 0.907 bits per heavy atom. The molecule has 0 spiro atoms. The van der Waals surface area contributed by atoms with Crippen LogP contribution in [0.2, 0.25) is 0 Å². The molecule has 0 saturated carbocycles. The molecule has 0 amide bonds. The lowest BCUT2D eigenvalue weighted by Gasteiger charge is -2.33. The summed E-state index contributed by atoms with van der Waals surface area (Å²) < 4.78 is 38.5. The highest BCUT2D eigenvalue weighted by Crippen LogP contribution is 2.64. The van der Waals surface area contributed by atoms with E-state index < -0.39 is 56.8 Å². The first-order valence-corrected chi connectivity index (χ1v) is 29.8. The zero-order valence-electron chi connectivity index (χ0n) is 44.4. The molecule has 0 fully saturated rings. The average molecular weight is 1210 g/mol. The Hall–Kier alpha value is -10.1. The number of rotatable bonds is 14. The summed E-state index contributed by atoms with van der Waals surface area (Å²) in [5.41, 5.74) is -6.02.